The van der Waals surface area contributed by atoms with E-state index in [-0.39, 0.29) is 40.6 Å². The van der Waals surface area contributed by atoms with Crippen molar-refractivity contribution in [3.8, 4) is 0 Å². The van der Waals surface area contributed by atoms with Crippen LogP contribution in [-0.2, 0) is 32.6 Å². The Hall–Kier alpha value is -2.49. The fourth-order valence-corrected chi connectivity index (χ4v) is 5.68. The summed E-state index contributed by atoms with van der Waals surface area (Å²) in [5.41, 5.74) is 1.52. The molecule has 3 aromatic carbocycles. The van der Waals surface area contributed by atoms with E-state index >= 15 is 0 Å². The predicted molar refractivity (Wildman–Crippen MR) is 167 cm³/mol. The van der Waals surface area contributed by atoms with Crippen LogP contribution in [0.25, 0.3) is 0 Å². The van der Waals surface area contributed by atoms with Crippen LogP contribution in [0, 0.1) is 0 Å². The van der Waals surface area contributed by atoms with Gasteiger partial charge < -0.3 is 10.2 Å². The lowest BCUT2D eigenvalue weighted by Gasteiger charge is -2.34. The van der Waals surface area contributed by atoms with E-state index in [0.717, 1.165) is 16.1 Å². The van der Waals surface area contributed by atoms with E-state index in [1.54, 1.807) is 18.2 Å². The third-order valence-electron chi connectivity index (χ3n) is 6.50. The largest absolute Gasteiger partial charge is 0.352 e. The maximum atomic E-state index is 14.1. The number of carbonyl (C=O) groups excluding carboxylic acids is 2. The van der Waals surface area contributed by atoms with Crippen molar-refractivity contribution in [1.82, 2.24) is 10.2 Å². The van der Waals surface area contributed by atoms with E-state index < -0.39 is 28.5 Å². The van der Waals surface area contributed by atoms with E-state index in [1.807, 2.05) is 44.2 Å². The van der Waals surface area contributed by atoms with Gasteiger partial charge in [0.25, 0.3) is 0 Å². The van der Waals surface area contributed by atoms with Crippen LogP contribution in [-0.4, -0.2) is 50.0 Å². The molecule has 3 aromatic rings. The SMILES string of the molecule is CC[C@H](C)NC(=O)[C@@H](Cc1ccccc1)N(Cc1ccc(Cl)cc1Cl)C(=O)CN(c1ccc(Cl)c(Cl)c1)S(C)(=O)=O. The molecular formula is C29H31Cl4N3O4S. The van der Waals surface area contributed by atoms with Crippen LogP contribution in [0.3, 0.4) is 0 Å². The summed E-state index contributed by atoms with van der Waals surface area (Å²) in [6.07, 6.45) is 1.85. The summed E-state index contributed by atoms with van der Waals surface area (Å²) in [5.74, 6) is -0.991. The molecule has 3 rings (SSSR count). The molecule has 0 aliphatic heterocycles. The number of hydrogen-bond donors (Lipinski definition) is 1. The molecule has 0 saturated carbocycles. The zero-order chi connectivity index (χ0) is 30.3. The van der Waals surface area contributed by atoms with Gasteiger partial charge in [0, 0.05) is 29.1 Å². The smallest absolute Gasteiger partial charge is 0.244 e. The molecular weight excluding hydrogens is 628 g/mol. The van der Waals surface area contributed by atoms with Crippen molar-refractivity contribution >= 4 is 73.9 Å². The fourth-order valence-electron chi connectivity index (χ4n) is 4.08. The number of sulfonamides is 1. The Kier molecular flexibility index (Phi) is 11.8. The number of halogens is 4. The lowest BCUT2D eigenvalue weighted by Crippen LogP contribution is -2.54. The van der Waals surface area contributed by atoms with Gasteiger partial charge >= 0.3 is 0 Å². The number of carbonyl (C=O) groups is 2. The highest BCUT2D eigenvalue weighted by atomic mass is 35.5. The summed E-state index contributed by atoms with van der Waals surface area (Å²) < 4.78 is 26.7. The van der Waals surface area contributed by atoms with Crippen molar-refractivity contribution in [3.05, 3.63) is 97.9 Å². The number of nitrogens with one attached hydrogen (secondary N) is 1. The van der Waals surface area contributed by atoms with Crippen molar-refractivity contribution in [2.24, 2.45) is 0 Å². The van der Waals surface area contributed by atoms with Crippen LogP contribution in [0.15, 0.2) is 66.7 Å². The Morgan fingerprint density at radius 2 is 1.59 bits per heavy atom. The van der Waals surface area contributed by atoms with Crippen LogP contribution in [0.5, 0.6) is 0 Å². The molecule has 7 nitrogen and oxygen atoms in total. The zero-order valence-electron chi connectivity index (χ0n) is 22.8. The summed E-state index contributed by atoms with van der Waals surface area (Å²) in [5, 5.41) is 4.06. The van der Waals surface area contributed by atoms with Gasteiger partial charge in [0.05, 0.1) is 22.0 Å². The lowest BCUT2D eigenvalue weighted by atomic mass is 10.0. The fraction of sp³-hybridized carbons (Fsp3) is 0.310. The standard InChI is InChI=1S/C29H31Cl4N3O4S/c1-4-19(2)34-29(38)27(14-20-8-6-5-7-9-20)35(17-21-10-11-22(30)15-25(21)32)28(37)18-36(41(3,39)40)23-12-13-24(31)26(33)16-23/h5-13,15-16,19,27H,4,14,17-18H2,1-3H3,(H,34,38)/t19-,27+/m0/s1. The Morgan fingerprint density at radius 3 is 2.17 bits per heavy atom. The first-order valence-corrected chi connectivity index (χ1v) is 16.2. The van der Waals surface area contributed by atoms with Crippen molar-refractivity contribution < 1.29 is 18.0 Å². The lowest BCUT2D eigenvalue weighted by molar-refractivity contribution is -0.140. The summed E-state index contributed by atoms with van der Waals surface area (Å²) in [6, 6.07) is 17.3. The third kappa shape index (κ3) is 9.25. The molecule has 1 N–H and O–H groups in total. The van der Waals surface area contributed by atoms with Gasteiger partial charge in [-0.1, -0.05) is 89.7 Å². The minimum absolute atomic E-state index is 0.0702. The first-order valence-electron chi connectivity index (χ1n) is 12.8. The Morgan fingerprint density at radius 1 is 0.902 bits per heavy atom. The first kappa shape index (κ1) is 33.0. The Labute approximate surface area is 261 Å². The van der Waals surface area contributed by atoms with Gasteiger partial charge in [-0.3, -0.25) is 13.9 Å². The Bertz CT molecular complexity index is 1490. The van der Waals surface area contributed by atoms with Crippen LogP contribution in [0.1, 0.15) is 31.4 Å². The topological polar surface area (TPSA) is 86.8 Å². The highest BCUT2D eigenvalue weighted by Crippen LogP contribution is 2.29. The maximum Gasteiger partial charge on any atom is 0.244 e. The van der Waals surface area contributed by atoms with Gasteiger partial charge in [-0.05, 0) is 54.8 Å². The van der Waals surface area contributed by atoms with E-state index in [9.17, 15) is 18.0 Å². The molecule has 0 saturated heterocycles. The molecule has 0 aliphatic carbocycles. The molecule has 0 aromatic heterocycles. The van der Waals surface area contributed by atoms with Gasteiger partial charge in [-0.25, -0.2) is 8.42 Å². The van der Waals surface area contributed by atoms with Gasteiger partial charge in [-0.15, -0.1) is 0 Å². The molecule has 0 spiro atoms. The number of amides is 2. The number of nitrogens with zero attached hydrogens (tertiary/aromatic N) is 2. The van der Waals surface area contributed by atoms with Crippen LogP contribution >= 0.6 is 46.4 Å². The van der Waals surface area contributed by atoms with Crippen LogP contribution in [0.4, 0.5) is 5.69 Å². The van der Waals surface area contributed by atoms with E-state index in [0.29, 0.717) is 22.0 Å². The molecule has 41 heavy (non-hydrogen) atoms. The van der Waals surface area contributed by atoms with Crippen molar-refractivity contribution in [1.29, 1.82) is 0 Å². The van der Waals surface area contributed by atoms with Gasteiger partial charge in [0.2, 0.25) is 21.8 Å². The normalized spacial score (nSPS) is 12.9. The molecule has 0 radical (unpaired) electrons. The highest BCUT2D eigenvalue weighted by Gasteiger charge is 2.34. The third-order valence-corrected chi connectivity index (χ3v) is 8.96. The second kappa shape index (κ2) is 14.6. The number of hydrogen-bond acceptors (Lipinski definition) is 4. The molecule has 0 bridgehead atoms. The number of anilines is 1. The summed E-state index contributed by atoms with van der Waals surface area (Å²) in [7, 11) is -3.95. The van der Waals surface area contributed by atoms with Gasteiger partial charge in [-0.2, -0.15) is 0 Å². The van der Waals surface area contributed by atoms with Gasteiger partial charge in [0.1, 0.15) is 12.6 Å². The minimum Gasteiger partial charge on any atom is -0.352 e. The summed E-state index contributed by atoms with van der Waals surface area (Å²) >= 11 is 24.8. The van der Waals surface area contributed by atoms with Crippen molar-refractivity contribution in [3.63, 3.8) is 0 Å². The molecule has 0 unspecified atom stereocenters. The minimum atomic E-state index is -3.95. The Balaban J connectivity index is 2.10. The van der Waals surface area contributed by atoms with Crippen molar-refractivity contribution in [2.45, 2.75) is 45.3 Å². The van der Waals surface area contributed by atoms with Gasteiger partial charge in [0.15, 0.2) is 0 Å². The molecule has 12 heteroatoms. The monoisotopic (exact) mass is 657 g/mol. The number of benzene rings is 3. The summed E-state index contributed by atoms with van der Waals surface area (Å²) in [6.45, 7) is 3.15. The average Bonchev–Trinajstić information content (AvgIpc) is 2.91. The molecule has 0 heterocycles. The maximum absolute atomic E-state index is 14.1. The van der Waals surface area contributed by atoms with Crippen molar-refractivity contribution in [2.75, 3.05) is 17.1 Å². The van der Waals surface area contributed by atoms with E-state index in [1.165, 1.54) is 23.1 Å². The molecule has 0 aliphatic rings. The predicted octanol–water partition coefficient (Wildman–Crippen LogP) is 6.62. The molecule has 2 atom stereocenters. The van der Waals surface area contributed by atoms with Crippen LogP contribution in [0.2, 0.25) is 20.1 Å². The highest BCUT2D eigenvalue weighted by molar-refractivity contribution is 7.92. The second-order valence-electron chi connectivity index (χ2n) is 9.65. The number of rotatable bonds is 12. The molecule has 2 amide bonds. The first-order chi connectivity index (χ1) is 19.3. The van der Waals surface area contributed by atoms with Crippen LogP contribution < -0.4 is 9.62 Å². The quantitative estimate of drug-likeness (QED) is 0.237. The molecule has 220 valence electrons. The average molecular weight is 659 g/mol. The molecule has 0 fully saturated rings. The summed E-state index contributed by atoms with van der Waals surface area (Å²) in [4.78, 5) is 29.2. The van der Waals surface area contributed by atoms with E-state index in [4.69, 9.17) is 46.4 Å². The second-order valence-corrected chi connectivity index (χ2v) is 13.2. The zero-order valence-corrected chi connectivity index (χ0v) is 26.6. The van der Waals surface area contributed by atoms with E-state index in [2.05, 4.69) is 5.32 Å².